The van der Waals surface area contributed by atoms with E-state index in [2.05, 4.69) is 210 Å². The van der Waals surface area contributed by atoms with Crippen molar-refractivity contribution in [3.63, 3.8) is 0 Å². The van der Waals surface area contributed by atoms with Gasteiger partial charge in [0, 0.05) is 34.1 Å². The van der Waals surface area contributed by atoms with Gasteiger partial charge in [-0.3, -0.25) is 0 Å². The van der Waals surface area contributed by atoms with E-state index in [0.717, 1.165) is 12.8 Å². The van der Waals surface area contributed by atoms with Crippen LogP contribution in [0.25, 0.3) is 11.1 Å². The van der Waals surface area contributed by atoms with Gasteiger partial charge in [0.05, 0.1) is 11.4 Å². The standard InChI is InChI=1S/C56H44N2/c1-5-17-38(18-6-1)53-48-28-14-13-27-47(48)50-37-46(33-34-49(50)53)58(45-25-11-4-12-26-45)52-30-16-20-40-36-42-32-31-41-35-39-19-15-29-51(54(39)56(41,42)55(40)52)57(43-21-7-2-8-22-43)44-23-9-3-10-24-44/h1-30,33-34,37,41-42,53H,31-32,35-36H2. The Balaban J connectivity index is 1.09. The molecule has 8 aromatic carbocycles. The zero-order valence-corrected chi connectivity index (χ0v) is 32.5. The molecule has 0 amide bonds. The summed E-state index contributed by atoms with van der Waals surface area (Å²) in [4.78, 5) is 5.12. The Morgan fingerprint density at radius 3 is 1.40 bits per heavy atom. The molecule has 8 aromatic rings. The van der Waals surface area contributed by atoms with Gasteiger partial charge >= 0.3 is 0 Å². The highest BCUT2D eigenvalue weighted by Crippen LogP contribution is 2.69. The number of benzene rings is 8. The van der Waals surface area contributed by atoms with Crippen molar-refractivity contribution in [3.8, 4) is 11.1 Å². The first-order valence-electron chi connectivity index (χ1n) is 21.1. The minimum atomic E-state index is -0.103. The van der Waals surface area contributed by atoms with Gasteiger partial charge in [0.25, 0.3) is 0 Å². The highest BCUT2D eigenvalue weighted by molar-refractivity contribution is 5.89. The fourth-order valence-corrected chi connectivity index (χ4v) is 12.0. The van der Waals surface area contributed by atoms with Crippen molar-refractivity contribution in [1.82, 2.24) is 0 Å². The molecule has 0 aliphatic heterocycles. The molecule has 0 radical (unpaired) electrons. The Labute approximate surface area is 341 Å². The molecule has 4 unspecified atom stereocenters. The van der Waals surface area contributed by atoms with Crippen LogP contribution in [0.4, 0.5) is 34.1 Å². The van der Waals surface area contributed by atoms with E-state index in [1.807, 2.05) is 0 Å². The first-order valence-corrected chi connectivity index (χ1v) is 21.1. The fourth-order valence-electron chi connectivity index (χ4n) is 12.0. The highest BCUT2D eigenvalue weighted by Gasteiger charge is 2.62. The molecule has 12 rings (SSSR count). The van der Waals surface area contributed by atoms with Gasteiger partial charge in [-0.2, -0.15) is 0 Å². The first kappa shape index (κ1) is 33.5. The summed E-state index contributed by atoms with van der Waals surface area (Å²) in [5.74, 6) is 1.30. The van der Waals surface area contributed by atoms with E-state index in [9.17, 15) is 0 Å². The van der Waals surface area contributed by atoms with Gasteiger partial charge in [-0.1, -0.05) is 140 Å². The minimum absolute atomic E-state index is 0.103. The molecular weight excluding hydrogens is 701 g/mol. The van der Waals surface area contributed by atoms with E-state index in [0.29, 0.717) is 11.8 Å². The summed E-state index contributed by atoms with van der Waals surface area (Å²) in [6, 6.07) is 74.9. The lowest BCUT2D eigenvalue weighted by Gasteiger charge is -2.40. The zero-order valence-electron chi connectivity index (χ0n) is 32.5. The number of anilines is 6. The van der Waals surface area contributed by atoms with Crippen LogP contribution in [0.3, 0.4) is 0 Å². The molecule has 0 heterocycles. The number of rotatable bonds is 7. The van der Waals surface area contributed by atoms with Crippen LogP contribution >= 0.6 is 0 Å². The van der Waals surface area contributed by atoms with Crippen LogP contribution in [-0.4, -0.2) is 0 Å². The van der Waals surface area contributed by atoms with Crippen LogP contribution < -0.4 is 9.80 Å². The maximum absolute atomic E-state index is 2.59. The molecule has 4 aliphatic rings. The molecule has 2 heteroatoms. The molecule has 278 valence electrons. The van der Waals surface area contributed by atoms with Crippen LogP contribution in [0, 0.1) is 11.8 Å². The average Bonchev–Trinajstić information content (AvgIpc) is 4.01. The second-order valence-electron chi connectivity index (χ2n) is 16.8. The molecule has 2 nitrogen and oxygen atoms in total. The first-order chi connectivity index (χ1) is 28.8. The summed E-state index contributed by atoms with van der Waals surface area (Å²) in [6.45, 7) is 0. The van der Waals surface area contributed by atoms with Crippen molar-refractivity contribution in [1.29, 1.82) is 0 Å². The molecule has 1 spiro atoms. The van der Waals surface area contributed by atoms with E-state index < -0.39 is 0 Å². The summed E-state index contributed by atoms with van der Waals surface area (Å²) in [7, 11) is 0. The summed E-state index contributed by atoms with van der Waals surface area (Å²) in [5, 5.41) is 0. The van der Waals surface area contributed by atoms with Crippen LogP contribution in [-0.2, 0) is 18.3 Å². The Bertz CT molecular complexity index is 2770. The largest absolute Gasteiger partial charge is 0.310 e. The van der Waals surface area contributed by atoms with E-state index >= 15 is 0 Å². The summed E-state index contributed by atoms with van der Waals surface area (Å²) < 4.78 is 0. The molecule has 1 fully saturated rings. The molecule has 0 bridgehead atoms. The number of nitrogens with zero attached hydrogens (tertiary/aromatic N) is 2. The predicted octanol–water partition coefficient (Wildman–Crippen LogP) is 14.2. The Hall–Kier alpha value is -6.64. The third-order valence-corrected chi connectivity index (χ3v) is 14.0. The van der Waals surface area contributed by atoms with Crippen molar-refractivity contribution < 1.29 is 0 Å². The number of para-hydroxylation sites is 3. The topological polar surface area (TPSA) is 6.48 Å². The number of hydrogen-bond donors (Lipinski definition) is 0. The SMILES string of the molecule is c1ccc(C2c3ccccc3-c3cc(N(c4ccccc4)c4cccc5c4C46c7c(cccc7N(c7ccccc7)c7ccccc7)CC4CCC6C5)ccc32)cc1. The van der Waals surface area contributed by atoms with Gasteiger partial charge in [-0.25, -0.2) is 0 Å². The molecule has 4 aliphatic carbocycles. The quantitative estimate of drug-likeness (QED) is 0.160. The summed E-state index contributed by atoms with van der Waals surface area (Å²) >= 11 is 0. The van der Waals surface area contributed by atoms with Crippen LogP contribution in [0.2, 0.25) is 0 Å². The van der Waals surface area contributed by atoms with Crippen molar-refractivity contribution in [3.05, 3.63) is 239 Å². The van der Waals surface area contributed by atoms with Gasteiger partial charge in [0.1, 0.15) is 0 Å². The van der Waals surface area contributed by atoms with E-state index in [1.165, 1.54) is 85.9 Å². The van der Waals surface area contributed by atoms with Crippen molar-refractivity contribution >= 4 is 34.1 Å². The average molecular weight is 745 g/mol. The second-order valence-corrected chi connectivity index (χ2v) is 16.8. The normalized spacial score (nSPS) is 20.4. The summed E-state index contributed by atoms with van der Waals surface area (Å²) in [6.07, 6.45) is 4.74. The van der Waals surface area contributed by atoms with E-state index in [4.69, 9.17) is 0 Å². The van der Waals surface area contributed by atoms with Gasteiger partial charge in [-0.15, -0.1) is 0 Å². The maximum atomic E-state index is 2.59. The van der Waals surface area contributed by atoms with Crippen LogP contribution in [0.15, 0.2) is 200 Å². The van der Waals surface area contributed by atoms with Gasteiger partial charge in [0.15, 0.2) is 0 Å². The number of hydrogen-bond acceptors (Lipinski definition) is 2. The van der Waals surface area contributed by atoms with Crippen molar-refractivity contribution in [2.45, 2.75) is 37.0 Å². The summed E-state index contributed by atoms with van der Waals surface area (Å²) in [5.41, 5.74) is 20.2. The predicted molar refractivity (Wildman–Crippen MR) is 239 cm³/mol. The van der Waals surface area contributed by atoms with Crippen molar-refractivity contribution in [2.75, 3.05) is 9.80 Å². The monoisotopic (exact) mass is 744 g/mol. The molecule has 0 aromatic heterocycles. The third kappa shape index (κ3) is 4.84. The lowest BCUT2D eigenvalue weighted by molar-refractivity contribution is 0.350. The Morgan fingerprint density at radius 2 is 0.845 bits per heavy atom. The van der Waals surface area contributed by atoms with E-state index in [-0.39, 0.29) is 11.3 Å². The zero-order chi connectivity index (χ0) is 38.2. The lowest BCUT2D eigenvalue weighted by atomic mass is 9.68. The molecule has 0 N–H and O–H groups in total. The lowest BCUT2D eigenvalue weighted by Crippen LogP contribution is -2.34. The smallest absolute Gasteiger partial charge is 0.0505 e. The fraction of sp³-hybridized carbons (Fsp3) is 0.143. The minimum Gasteiger partial charge on any atom is -0.310 e. The van der Waals surface area contributed by atoms with Gasteiger partial charge in [0.2, 0.25) is 0 Å². The van der Waals surface area contributed by atoms with Gasteiger partial charge < -0.3 is 9.80 Å². The van der Waals surface area contributed by atoms with Crippen LogP contribution in [0.5, 0.6) is 0 Å². The molecular formula is C56H44N2. The number of fused-ring (bicyclic) bond motifs is 5. The van der Waals surface area contributed by atoms with Gasteiger partial charge in [-0.05, 0) is 148 Å². The third-order valence-electron chi connectivity index (χ3n) is 14.0. The van der Waals surface area contributed by atoms with E-state index in [1.54, 1.807) is 11.1 Å². The Kier molecular flexibility index (Phi) is 7.63. The molecule has 58 heavy (non-hydrogen) atoms. The van der Waals surface area contributed by atoms with Crippen molar-refractivity contribution in [2.24, 2.45) is 11.8 Å². The Morgan fingerprint density at radius 1 is 0.379 bits per heavy atom. The molecule has 4 atom stereocenters. The highest BCUT2D eigenvalue weighted by atomic mass is 15.2. The molecule has 0 saturated heterocycles. The second kappa shape index (κ2) is 13.2. The molecule has 1 saturated carbocycles. The maximum Gasteiger partial charge on any atom is 0.0505 e. The van der Waals surface area contributed by atoms with Crippen LogP contribution in [0.1, 0.15) is 57.7 Å².